The number of likely N-dealkylation sites (N-methyl/N-ethyl adjacent to an activating group) is 1. The molecule has 1 spiro atoms. The predicted octanol–water partition coefficient (Wildman–Crippen LogP) is 7.18. The van der Waals surface area contributed by atoms with Crippen LogP contribution in [0.25, 0.3) is 33.3 Å². The molecule has 8 rings (SSSR count). The summed E-state index contributed by atoms with van der Waals surface area (Å²) in [6, 6.07) is 13.7. The lowest BCUT2D eigenvalue weighted by Crippen LogP contribution is -2.47. The van der Waals surface area contributed by atoms with E-state index in [0.29, 0.717) is 52.9 Å². The first-order chi connectivity index (χ1) is 28.3. The number of hydrogen-bond donors (Lipinski definition) is 2. The number of fused-ring (bicyclic) bond motifs is 2. The van der Waals surface area contributed by atoms with Crippen LogP contribution in [0, 0.1) is 0 Å². The van der Waals surface area contributed by atoms with E-state index in [9.17, 15) is 28.3 Å². The molecule has 2 unspecified atom stereocenters. The third kappa shape index (κ3) is 7.11. The Kier molecular flexibility index (Phi) is 11.8. The largest absolute Gasteiger partial charge is 0.481 e. The molecule has 13 nitrogen and oxygen atoms in total. The molecule has 59 heavy (non-hydrogen) atoms. The number of urea groups is 1. The number of ether oxygens (including phenoxy) is 1. The Hall–Kier alpha value is -5.09. The number of rotatable bonds is 9. The molecule has 312 valence electrons. The second-order valence-corrected chi connectivity index (χ2v) is 15.6. The van der Waals surface area contributed by atoms with Crippen molar-refractivity contribution >= 4 is 51.6 Å². The zero-order chi connectivity index (χ0) is 42.5. The van der Waals surface area contributed by atoms with Gasteiger partial charge in [0.15, 0.2) is 0 Å². The monoisotopic (exact) mass is 850 g/mol. The first-order valence-corrected chi connectivity index (χ1v) is 20.2. The third-order valence-electron chi connectivity index (χ3n) is 11.8. The molecule has 2 atom stereocenters. The molecule has 2 aliphatic heterocycles. The molecule has 3 aliphatic rings. The average molecular weight is 852 g/mol. The van der Waals surface area contributed by atoms with E-state index >= 15 is 0 Å². The van der Waals surface area contributed by atoms with Gasteiger partial charge in [0.05, 0.1) is 46.2 Å². The molecule has 2 fully saturated rings. The molecule has 0 bridgehead atoms. The Balaban J connectivity index is 0.00000260. The SMILES string of the molecule is CC.COc1nc(-c2cccc(-c3cccc(Nc4nc(C(F)F)cc5c4c(=O)n(C)c(=O)n5C)c3Cl)c2Cl)cc2c1C(N1CCC3(CN(CCO)C(=O)N3C)C1)CC2. The van der Waals surface area contributed by atoms with Crippen molar-refractivity contribution in [3.63, 3.8) is 0 Å². The molecule has 0 radical (unpaired) electrons. The van der Waals surface area contributed by atoms with Crippen molar-refractivity contribution in [1.82, 2.24) is 33.8 Å². The number of likely N-dealkylation sites (tertiary alicyclic amines) is 1. The van der Waals surface area contributed by atoms with Crippen LogP contribution in [-0.4, -0.2) is 97.4 Å². The Morgan fingerprint density at radius 1 is 0.966 bits per heavy atom. The topological polar surface area (TPSA) is 138 Å². The summed E-state index contributed by atoms with van der Waals surface area (Å²) in [5.74, 6) is 0.325. The smallest absolute Gasteiger partial charge is 0.330 e. The summed E-state index contributed by atoms with van der Waals surface area (Å²) < 4.78 is 35.9. The average Bonchev–Trinajstić information content (AvgIpc) is 3.93. The summed E-state index contributed by atoms with van der Waals surface area (Å²) in [6.45, 7) is 6.33. The van der Waals surface area contributed by atoms with Gasteiger partial charge in [0, 0.05) is 75.6 Å². The van der Waals surface area contributed by atoms with Crippen LogP contribution < -0.4 is 21.3 Å². The molecule has 2 saturated heterocycles. The van der Waals surface area contributed by atoms with Gasteiger partial charge in [-0.3, -0.25) is 18.8 Å². The van der Waals surface area contributed by atoms with Gasteiger partial charge in [-0.2, -0.15) is 0 Å². The molecule has 5 aromatic rings. The Morgan fingerprint density at radius 2 is 1.66 bits per heavy atom. The van der Waals surface area contributed by atoms with Crippen LogP contribution in [0.5, 0.6) is 5.88 Å². The normalized spacial score (nSPS) is 18.9. The van der Waals surface area contributed by atoms with Crippen molar-refractivity contribution in [1.29, 1.82) is 0 Å². The fourth-order valence-electron chi connectivity index (χ4n) is 8.75. The molecule has 1 aliphatic carbocycles. The van der Waals surface area contributed by atoms with E-state index in [1.807, 2.05) is 50.1 Å². The Labute approximate surface area is 349 Å². The lowest BCUT2D eigenvalue weighted by Gasteiger charge is -2.32. The van der Waals surface area contributed by atoms with Crippen molar-refractivity contribution in [2.75, 3.05) is 52.3 Å². The van der Waals surface area contributed by atoms with E-state index < -0.39 is 23.4 Å². The first-order valence-electron chi connectivity index (χ1n) is 19.5. The van der Waals surface area contributed by atoms with E-state index in [4.69, 9.17) is 32.9 Å². The van der Waals surface area contributed by atoms with E-state index in [1.165, 1.54) is 14.1 Å². The molecular formula is C42H46Cl2F2N8O5. The maximum atomic E-state index is 14.0. The number of methoxy groups -OCH3 is 1. The van der Waals surface area contributed by atoms with Crippen molar-refractivity contribution in [3.8, 4) is 28.3 Å². The summed E-state index contributed by atoms with van der Waals surface area (Å²) in [7, 11) is 6.15. The number of pyridine rings is 2. The minimum atomic E-state index is -2.97. The second kappa shape index (κ2) is 16.5. The van der Waals surface area contributed by atoms with E-state index in [-0.39, 0.29) is 51.6 Å². The number of benzene rings is 2. The minimum absolute atomic E-state index is 0.00430. The lowest BCUT2D eigenvalue weighted by molar-refractivity contribution is 0.146. The van der Waals surface area contributed by atoms with E-state index in [2.05, 4.69) is 15.2 Å². The molecule has 2 N–H and O–H groups in total. The second-order valence-electron chi connectivity index (χ2n) is 14.8. The number of aliphatic hydroxyl groups is 1. The van der Waals surface area contributed by atoms with Crippen LogP contribution in [0.1, 0.15) is 56.0 Å². The number of halogens is 4. The number of hydrogen-bond acceptors (Lipinski definition) is 9. The summed E-state index contributed by atoms with van der Waals surface area (Å²) in [4.78, 5) is 53.9. The first kappa shape index (κ1) is 42.0. The van der Waals surface area contributed by atoms with Crippen molar-refractivity contribution in [2.45, 2.75) is 51.1 Å². The van der Waals surface area contributed by atoms with E-state index in [1.54, 1.807) is 30.2 Å². The quantitative estimate of drug-likeness (QED) is 0.158. The molecular weight excluding hydrogens is 805 g/mol. The van der Waals surface area contributed by atoms with Gasteiger partial charge in [-0.15, -0.1) is 0 Å². The van der Waals surface area contributed by atoms with Crippen LogP contribution in [0.2, 0.25) is 10.0 Å². The van der Waals surface area contributed by atoms with Crippen LogP contribution >= 0.6 is 23.2 Å². The molecule has 2 aromatic carbocycles. The highest BCUT2D eigenvalue weighted by Crippen LogP contribution is 2.48. The summed E-state index contributed by atoms with van der Waals surface area (Å²) in [6.07, 6.45) is -0.490. The summed E-state index contributed by atoms with van der Waals surface area (Å²) in [5.41, 5.74) is 2.43. The molecule has 5 heterocycles. The van der Waals surface area contributed by atoms with Gasteiger partial charge >= 0.3 is 11.7 Å². The number of aryl methyl sites for hydroxylation is 2. The van der Waals surface area contributed by atoms with Gasteiger partial charge in [0.2, 0.25) is 5.88 Å². The number of β-amino-alcohol motifs (C(OH)–C–C–N with tert-alkyl or cyclic N) is 1. The molecule has 2 amide bonds. The molecule has 0 saturated carbocycles. The van der Waals surface area contributed by atoms with Gasteiger partial charge in [0.25, 0.3) is 12.0 Å². The van der Waals surface area contributed by atoms with Crippen molar-refractivity contribution < 1.29 is 23.4 Å². The summed E-state index contributed by atoms with van der Waals surface area (Å²) >= 11 is 14.2. The van der Waals surface area contributed by atoms with Gasteiger partial charge in [-0.1, -0.05) is 67.4 Å². The minimum Gasteiger partial charge on any atom is -0.481 e. The number of anilines is 2. The van der Waals surface area contributed by atoms with Gasteiger partial charge in [-0.05, 0) is 43.0 Å². The lowest BCUT2D eigenvalue weighted by atomic mass is 9.98. The van der Waals surface area contributed by atoms with Gasteiger partial charge in [-0.25, -0.2) is 28.3 Å². The Bertz CT molecular complexity index is 2590. The highest BCUT2D eigenvalue weighted by Gasteiger charge is 2.53. The number of amides is 2. The number of nitrogens with zero attached hydrogens (tertiary/aromatic N) is 7. The predicted molar refractivity (Wildman–Crippen MR) is 225 cm³/mol. The fraction of sp³-hybridized carbons (Fsp3) is 0.405. The zero-order valence-corrected chi connectivity index (χ0v) is 35.2. The fourth-order valence-corrected chi connectivity index (χ4v) is 9.35. The van der Waals surface area contributed by atoms with Gasteiger partial charge < -0.3 is 25.0 Å². The van der Waals surface area contributed by atoms with Crippen LogP contribution in [-0.2, 0) is 20.5 Å². The number of aliphatic hydroxyl groups excluding tert-OH is 1. The van der Waals surface area contributed by atoms with Gasteiger partial charge in [0.1, 0.15) is 16.9 Å². The standard InChI is InChI=1S/C40H40Cl2F2N8O5.C2H6/c1-48-29-18-27(34(43)44)46-35(31(29)37(54)49(2)38(48)55)45-25-10-6-8-23(33(25)42)22-7-5-9-24(32(22)41)26-17-21-11-12-28(30(21)36(47-26)57-4)51-14-13-40(19-51)20-52(15-16-53)39(56)50(40)3;1-2/h5-10,17-18,28,34,53H,11-16,19-20H2,1-4H3,(H,45,46);1-2H3. The highest BCUT2D eigenvalue weighted by atomic mass is 35.5. The van der Waals surface area contributed by atoms with Crippen molar-refractivity contribution in [2.24, 2.45) is 14.1 Å². The summed E-state index contributed by atoms with van der Waals surface area (Å²) in [5, 5.41) is 13.0. The van der Waals surface area contributed by atoms with Crippen molar-refractivity contribution in [3.05, 3.63) is 96.2 Å². The van der Waals surface area contributed by atoms with E-state index in [0.717, 1.165) is 52.1 Å². The Morgan fingerprint density at radius 3 is 2.36 bits per heavy atom. The zero-order valence-electron chi connectivity index (χ0n) is 33.7. The molecule has 3 aromatic heterocycles. The number of carbonyl (C=O) groups is 1. The maximum absolute atomic E-state index is 14.0. The van der Waals surface area contributed by atoms with Crippen LogP contribution in [0.3, 0.4) is 0 Å². The number of nitrogens with one attached hydrogen (secondary N) is 1. The molecule has 17 heteroatoms. The highest BCUT2D eigenvalue weighted by molar-refractivity contribution is 6.39. The van der Waals surface area contributed by atoms with Crippen LogP contribution in [0.4, 0.5) is 25.1 Å². The number of aromatic nitrogens is 4. The van der Waals surface area contributed by atoms with Crippen LogP contribution in [0.15, 0.2) is 58.1 Å². The number of alkyl halides is 2. The number of carbonyl (C=O) groups excluding carboxylic acids is 1. The third-order valence-corrected chi connectivity index (χ3v) is 12.6. The maximum Gasteiger partial charge on any atom is 0.330 e.